The van der Waals surface area contributed by atoms with Crippen molar-refractivity contribution >= 4 is 11.6 Å². The van der Waals surface area contributed by atoms with E-state index in [1.165, 1.54) is 40.0 Å². The van der Waals surface area contributed by atoms with Crippen molar-refractivity contribution < 1.29 is 22.6 Å². The van der Waals surface area contributed by atoms with E-state index in [1.807, 2.05) is 0 Å². The molecule has 5 rings (SSSR count). The number of hydrogen-bond donors (Lipinski definition) is 0. The number of benzene rings is 1. The van der Waals surface area contributed by atoms with Crippen LogP contribution in [0.2, 0.25) is 5.02 Å². The largest absolute Gasteiger partial charge is 0.618 e. The van der Waals surface area contributed by atoms with Crippen molar-refractivity contribution in [2.45, 2.75) is 19.1 Å². The van der Waals surface area contributed by atoms with E-state index in [-0.39, 0.29) is 40.6 Å². The van der Waals surface area contributed by atoms with Crippen LogP contribution in [-0.2, 0) is 11.8 Å². The molecule has 4 heterocycles. The molecule has 0 N–H and O–H groups in total. The summed E-state index contributed by atoms with van der Waals surface area (Å²) < 4.78 is 49.7. The first kappa shape index (κ1) is 25.3. The lowest BCUT2D eigenvalue weighted by molar-refractivity contribution is -0.615. The molecule has 0 saturated carbocycles. The van der Waals surface area contributed by atoms with E-state index in [0.717, 1.165) is 6.20 Å². The molecule has 12 nitrogen and oxygen atoms in total. The molecule has 0 aliphatic rings. The van der Waals surface area contributed by atoms with Gasteiger partial charge in [0.15, 0.2) is 12.0 Å². The summed E-state index contributed by atoms with van der Waals surface area (Å²) in [6.45, 7) is -3.32. The summed E-state index contributed by atoms with van der Waals surface area (Å²) in [4.78, 5) is 0. The van der Waals surface area contributed by atoms with Gasteiger partial charge >= 0.3 is 6.61 Å². The Morgan fingerprint density at radius 2 is 1.95 bits per heavy atom. The van der Waals surface area contributed by atoms with E-state index in [1.54, 1.807) is 30.3 Å². The molecule has 16 heteroatoms. The molecule has 4 aromatic heterocycles. The van der Waals surface area contributed by atoms with Crippen molar-refractivity contribution in [1.29, 1.82) is 0 Å². The molecule has 38 heavy (non-hydrogen) atoms. The average molecular weight is 547 g/mol. The molecular formula is C22H18ClF3N10O2. The molecule has 0 bridgehead atoms. The summed E-state index contributed by atoms with van der Waals surface area (Å²) >= 11 is 6.02. The molecule has 0 aliphatic heterocycles. The Bertz CT molecular complexity index is 1560. The normalized spacial score (nSPS) is 12.4. The van der Waals surface area contributed by atoms with Gasteiger partial charge in [-0.15, -0.1) is 10.2 Å². The minimum atomic E-state index is -2.97. The summed E-state index contributed by atoms with van der Waals surface area (Å²) in [5, 5.41) is 36.1. The fraction of sp³-hybridized carbons (Fsp3) is 0.227. The van der Waals surface area contributed by atoms with Gasteiger partial charge in [0.25, 0.3) is 0 Å². The number of ether oxygens (including phenoxy) is 1. The maximum Gasteiger partial charge on any atom is 0.345 e. The topological polar surface area (TPSA) is 128 Å². The van der Waals surface area contributed by atoms with Crippen LogP contribution in [0.5, 0.6) is 0 Å². The Morgan fingerprint density at radius 3 is 2.63 bits per heavy atom. The smallest absolute Gasteiger partial charge is 0.345 e. The average Bonchev–Trinajstić information content (AvgIpc) is 3.66. The SMILES string of the molecule is Cn1nncc1-c1cnn([C@H](CCOC(F)F)c2ccc(-c3c(-n4cnnn4)ccc(Cl)c3F)c[n+]2[O-])c1. The summed E-state index contributed by atoms with van der Waals surface area (Å²) in [5.41, 5.74) is 1.93. The molecule has 0 amide bonds. The molecular weight excluding hydrogens is 529 g/mol. The lowest BCUT2D eigenvalue weighted by atomic mass is 10.0. The third-order valence-electron chi connectivity index (χ3n) is 5.81. The van der Waals surface area contributed by atoms with Crippen LogP contribution in [0.4, 0.5) is 13.2 Å². The third-order valence-corrected chi connectivity index (χ3v) is 6.10. The van der Waals surface area contributed by atoms with Crippen LogP contribution < -0.4 is 4.73 Å². The number of pyridine rings is 1. The van der Waals surface area contributed by atoms with Gasteiger partial charge in [-0.2, -0.15) is 23.3 Å². The fourth-order valence-corrected chi connectivity index (χ4v) is 4.21. The lowest BCUT2D eigenvalue weighted by Gasteiger charge is -2.18. The van der Waals surface area contributed by atoms with E-state index < -0.39 is 18.5 Å². The molecule has 0 fully saturated rings. The molecule has 0 aliphatic carbocycles. The molecule has 0 spiro atoms. The quantitative estimate of drug-likeness (QED) is 0.204. The van der Waals surface area contributed by atoms with E-state index in [4.69, 9.17) is 11.6 Å². The van der Waals surface area contributed by atoms with Crippen molar-refractivity contribution in [3.05, 3.63) is 77.1 Å². The summed E-state index contributed by atoms with van der Waals surface area (Å²) in [7, 11) is 1.70. The Hall–Kier alpha value is -4.37. The van der Waals surface area contributed by atoms with E-state index in [9.17, 15) is 14.0 Å². The number of alkyl halides is 2. The standard InChI is InChI=1S/C22H18ClF3N10O2/c1-33-19(9-27-31-33)14-8-29-34(10-14)16(6-7-38-22(25)26)17-4-2-13(11-36(17)37)20-18(35-12-28-30-32-35)5-3-15(23)21(20)24/h2-5,8-12,16,22H,6-7H2,1H3/t16-/m1/s1. The Morgan fingerprint density at radius 1 is 1.11 bits per heavy atom. The van der Waals surface area contributed by atoms with Crippen molar-refractivity contribution in [1.82, 2.24) is 45.0 Å². The van der Waals surface area contributed by atoms with Gasteiger partial charge in [-0.1, -0.05) is 16.8 Å². The lowest BCUT2D eigenvalue weighted by Crippen LogP contribution is -2.36. The summed E-state index contributed by atoms with van der Waals surface area (Å²) in [6, 6.07) is 5.06. The molecule has 196 valence electrons. The van der Waals surface area contributed by atoms with Crippen LogP contribution in [0.15, 0.2) is 55.4 Å². The Kier molecular flexibility index (Phi) is 7.02. The highest BCUT2D eigenvalue weighted by Crippen LogP contribution is 2.33. The van der Waals surface area contributed by atoms with Gasteiger partial charge in [-0.25, -0.2) is 9.07 Å². The van der Waals surface area contributed by atoms with Gasteiger partial charge in [0.1, 0.15) is 12.4 Å². The minimum absolute atomic E-state index is 0.00190. The first-order chi connectivity index (χ1) is 18.3. The number of hydrogen-bond acceptors (Lipinski definition) is 8. The number of tetrazole rings is 1. The van der Waals surface area contributed by atoms with Gasteiger partial charge in [0.2, 0.25) is 5.69 Å². The number of aromatic nitrogens is 10. The van der Waals surface area contributed by atoms with Crippen molar-refractivity contribution in [2.75, 3.05) is 6.61 Å². The van der Waals surface area contributed by atoms with E-state index >= 15 is 4.39 Å². The monoisotopic (exact) mass is 546 g/mol. The molecule has 5 aromatic rings. The fourth-order valence-electron chi connectivity index (χ4n) is 4.05. The van der Waals surface area contributed by atoms with Crippen molar-refractivity contribution in [3.63, 3.8) is 0 Å². The van der Waals surface area contributed by atoms with Crippen LogP contribution >= 0.6 is 11.6 Å². The maximum absolute atomic E-state index is 15.2. The highest BCUT2D eigenvalue weighted by molar-refractivity contribution is 6.31. The number of halogens is 4. The first-order valence-electron chi connectivity index (χ1n) is 11.1. The molecule has 1 atom stereocenters. The van der Waals surface area contributed by atoms with Gasteiger partial charge in [0.05, 0.1) is 46.5 Å². The molecule has 0 saturated heterocycles. The second-order valence-electron chi connectivity index (χ2n) is 8.07. The second-order valence-corrected chi connectivity index (χ2v) is 8.47. The van der Waals surface area contributed by atoms with Crippen molar-refractivity contribution in [2.24, 2.45) is 7.05 Å². The Labute approximate surface area is 217 Å². The van der Waals surface area contributed by atoms with E-state index in [0.29, 0.717) is 16.0 Å². The minimum Gasteiger partial charge on any atom is -0.618 e. The molecule has 0 unspecified atom stereocenters. The van der Waals surface area contributed by atoms with Crippen LogP contribution in [0.1, 0.15) is 18.2 Å². The van der Waals surface area contributed by atoms with Crippen LogP contribution in [-0.4, -0.2) is 58.2 Å². The highest BCUT2D eigenvalue weighted by atomic mass is 35.5. The zero-order valence-electron chi connectivity index (χ0n) is 19.6. The highest BCUT2D eigenvalue weighted by Gasteiger charge is 2.26. The van der Waals surface area contributed by atoms with Crippen LogP contribution in [0.25, 0.3) is 28.1 Å². The predicted octanol–water partition coefficient (Wildman–Crippen LogP) is 2.97. The van der Waals surface area contributed by atoms with Gasteiger partial charge in [0, 0.05) is 31.3 Å². The van der Waals surface area contributed by atoms with Gasteiger partial charge < -0.3 is 9.94 Å². The maximum atomic E-state index is 15.2. The summed E-state index contributed by atoms with van der Waals surface area (Å²) in [5.74, 6) is -0.768. The van der Waals surface area contributed by atoms with Gasteiger partial charge in [-0.3, -0.25) is 4.68 Å². The summed E-state index contributed by atoms with van der Waals surface area (Å²) in [6.07, 6.45) is 7.17. The molecule has 1 aromatic carbocycles. The van der Waals surface area contributed by atoms with Crippen LogP contribution in [0.3, 0.4) is 0 Å². The van der Waals surface area contributed by atoms with Gasteiger partial charge in [-0.05, 0) is 28.6 Å². The number of rotatable bonds is 9. The van der Waals surface area contributed by atoms with Crippen LogP contribution in [0, 0.1) is 11.0 Å². The number of nitrogens with zero attached hydrogens (tertiary/aromatic N) is 10. The Balaban J connectivity index is 1.55. The predicted molar refractivity (Wildman–Crippen MR) is 125 cm³/mol. The zero-order chi connectivity index (χ0) is 26.8. The first-order valence-corrected chi connectivity index (χ1v) is 11.4. The third kappa shape index (κ3) is 4.92. The zero-order valence-corrected chi connectivity index (χ0v) is 20.3. The molecule has 0 radical (unpaired) electrons. The second kappa shape index (κ2) is 10.5. The number of aryl methyl sites for hydroxylation is 1. The van der Waals surface area contributed by atoms with E-state index in [2.05, 4.69) is 35.7 Å². The van der Waals surface area contributed by atoms with Crippen molar-refractivity contribution in [3.8, 4) is 28.1 Å².